The highest BCUT2D eigenvalue weighted by Gasteiger charge is 2.21. The summed E-state index contributed by atoms with van der Waals surface area (Å²) in [6, 6.07) is 3.82. The molecule has 1 aromatic rings. The number of hydrogen-bond donors (Lipinski definition) is 1. The average molecular weight is 258 g/mol. The number of rotatable bonds is 5. The summed E-state index contributed by atoms with van der Waals surface area (Å²) in [5.74, 6) is -0.540. The maximum Gasteiger partial charge on any atom is 0.154 e. The first-order valence-electron chi connectivity index (χ1n) is 5.68. The lowest BCUT2D eigenvalue weighted by Crippen LogP contribution is -2.37. The van der Waals surface area contributed by atoms with Crippen LogP contribution in [0, 0.1) is 11.7 Å². The molecule has 0 aliphatic heterocycles. The lowest BCUT2D eigenvalue weighted by molar-refractivity contribution is -0.120. The highest BCUT2D eigenvalue weighted by atomic mass is 35.5. The molecule has 0 amide bonds. The van der Waals surface area contributed by atoms with Crippen LogP contribution in [0.1, 0.15) is 25.8 Å². The maximum absolute atomic E-state index is 13.5. The fourth-order valence-corrected chi connectivity index (χ4v) is 1.79. The van der Waals surface area contributed by atoms with Gasteiger partial charge in [0.15, 0.2) is 5.78 Å². The molecule has 17 heavy (non-hydrogen) atoms. The molecule has 0 heterocycles. The van der Waals surface area contributed by atoms with Gasteiger partial charge in [-0.3, -0.25) is 4.79 Å². The fourth-order valence-electron chi connectivity index (χ4n) is 1.56. The predicted molar refractivity (Wildman–Crippen MR) is 67.6 cm³/mol. The quantitative estimate of drug-likeness (QED) is 0.881. The summed E-state index contributed by atoms with van der Waals surface area (Å²) in [7, 11) is 0. The molecular formula is C13H17ClFNO. The van der Waals surface area contributed by atoms with Crippen LogP contribution < -0.4 is 5.73 Å². The van der Waals surface area contributed by atoms with Gasteiger partial charge >= 0.3 is 0 Å². The van der Waals surface area contributed by atoms with Crippen molar-refractivity contribution in [1.82, 2.24) is 0 Å². The third-order valence-electron chi connectivity index (χ3n) is 3.04. The topological polar surface area (TPSA) is 43.1 Å². The molecule has 0 radical (unpaired) electrons. The van der Waals surface area contributed by atoms with Crippen LogP contribution in [-0.4, -0.2) is 11.8 Å². The van der Waals surface area contributed by atoms with Crippen LogP contribution in [0.3, 0.4) is 0 Å². The lowest BCUT2D eigenvalue weighted by atomic mass is 9.93. The van der Waals surface area contributed by atoms with Gasteiger partial charge in [0, 0.05) is 17.0 Å². The van der Waals surface area contributed by atoms with Crippen molar-refractivity contribution in [3.8, 4) is 0 Å². The number of carbonyl (C=O) groups is 1. The van der Waals surface area contributed by atoms with E-state index in [9.17, 15) is 9.18 Å². The monoisotopic (exact) mass is 257 g/mol. The summed E-state index contributed by atoms with van der Waals surface area (Å²) in [5.41, 5.74) is 6.04. The van der Waals surface area contributed by atoms with E-state index in [-0.39, 0.29) is 28.7 Å². The Morgan fingerprint density at radius 3 is 2.71 bits per heavy atom. The first-order chi connectivity index (χ1) is 7.97. The normalized spacial score (nSPS) is 14.4. The zero-order chi connectivity index (χ0) is 13.0. The van der Waals surface area contributed by atoms with Gasteiger partial charge in [-0.2, -0.15) is 0 Å². The molecule has 2 unspecified atom stereocenters. The number of ketones is 1. The first-order valence-corrected chi connectivity index (χ1v) is 6.06. The Morgan fingerprint density at radius 2 is 2.18 bits per heavy atom. The highest BCUT2D eigenvalue weighted by molar-refractivity contribution is 6.31. The smallest absolute Gasteiger partial charge is 0.154 e. The van der Waals surface area contributed by atoms with Crippen molar-refractivity contribution in [1.29, 1.82) is 0 Å². The fraction of sp³-hybridized carbons (Fsp3) is 0.462. The van der Waals surface area contributed by atoms with Crippen molar-refractivity contribution in [3.63, 3.8) is 0 Å². The third-order valence-corrected chi connectivity index (χ3v) is 3.40. The number of benzene rings is 1. The summed E-state index contributed by atoms with van der Waals surface area (Å²) in [6.07, 6.45) is 0.773. The molecular weight excluding hydrogens is 241 g/mol. The van der Waals surface area contributed by atoms with Crippen LogP contribution in [0.2, 0.25) is 5.02 Å². The molecule has 0 aliphatic rings. The molecule has 1 rings (SSSR count). The zero-order valence-corrected chi connectivity index (χ0v) is 10.8. The Balaban J connectivity index is 2.81. The number of hydrogen-bond acceptors (Lipinski definition) is 2. The number of carbonyl (C=O) groups excluding carboxylic acids is 1. The van der Waals surface area contributed by atoms with Crippen LogP contribution in [-0.2, 0) is 11.2 Å². The van der Waals surface area contributed by atoms with Gasteiger partial charge in [-0.25, -0.2) is 4.39 Å². The van der Waals surface area contributed by atoms with E-state index in [0.29, 0.717) is 0 Å². The summed E-state index contributed by atoms with van der Waals surface area (Å²) >= 11 is 5.86. The average Bonchev–Trinajstić information content (AvgIpc) is 2.31. The van der Waals surface area contributed by atoms with Gasteiger partial charge < -0.3 is 5.73 Å². The Hall–Kier alpha value is -0.930. The van der Waals surface area contributed by atoms with Crippen molar-refractivity contribution in [2.45, 2.75) is 32.7 Å². The van der Waals surface area contributed by atoms with Crippen LogP contribution in [0.25, 0.3) is 0 Å². The molecule has 0 saturated carbocycles. The first kappa shape index (κ1) is 14.1. The van der Waals surface area contributed by atoms with E-state index < -0.39 is 11.9 Å². The molecule has 0 aromatic heterocycles. The standard InChI is InChI=1S/C13H17ClFNO/c1-3-8(2)13(16)12(17)7-9-10(14)5-4-6-11(9)15/h4-6,8,13H,3,7,16H2,1-2H3. The van der Waals surface area contributed by atoms with Gasteiger partial charge in [0.1, 0.15) is 5.82 Å². The zero-order valence-electron chi connectivity index (χ0n) is 10.0. The number of nitrogens with two attached hydrogens (primary N) is 1. The van der Waals surface area contributed by atoms with Crippen molar-refractivity contribution in [2.75, 3.05) is 0 Å². The summed E-state index contributed by atoms with van der Waals surface area (Å²) < 4.78 is 13.5. The van der Waals surface area contributed by atoms with Gasteiger partial charge in [-0.15, -0.1) is 0 Å². The molecule has 1 aromatic carbocycles. The SMILES string of the molecule is CCC(C)C(N)C(=O)Cc1c(F)cccc1Cl. The third kappa shape index (κ3) is 3.51. The maximum atomic E-state index is 13.5. The molecule has 0 spiro atoms. The Kier molecular flexibility index (Phi) is 5.09. The molecule has 0 aliphatic carbocycles. The van der Waals surface area contributed by atoms with Gasteiger partial charge in [-0.1, -0.05) is 37.9 Å². The van der Waals surface area contributed by atoms with Crippen molar-refractivity contribution in [3.05, 3.63) is 34.6 Å². The second-order valence-electron chi connectivity index (χ2n) is 4.25. The summed E-state index contributed by atoms with van der Waals surface area (Å²) in [6.45, 7) is 3.87. The van der Waals surface area contributed by atoms with E-state index in [4.69, 9.17) is 17.3 Å². The van der Waals surface area contributed by atoms with Crippen LogP contribution in [0.4, 0.5) is 4.39 Å². The van der Waals surface area contributed by atoms with Crippen LogP contribution >= 0.6 is 11.6 Å². The van der Waals surface area contributed by atoms with E-state index in [0.717, 1.165) is 6.42 Å². The van der Waals surface area contributed by atoms with Gasteiger partial charge in [-0.05, 0) is 18.1 Å². The minimum Gasteiger partial charge on any atom is -0.321 e. The molecule has 0 fully saturated rings. The molecule has 0 saturated heterocycles. The van der Waals surface area contributed by atoms with Gasteiger partial charge in [0.05, 0.1) is 6.04 Å². The number of Topliss-reactive ketones (excluding diaryl/α,β-unsaturated/α-hetero) is 1. The van der Waals surface area contributed by atoms with Crippen LogP contribution in [0.5, 0.6) is 0 Å². The minimum absolute atomic E-state index is 0.0446. The Bertz CT molecular complexity index is 388. The van der Waals surface area contributed by atoms with Crippen molar-refractivity contribution < 1.29 is 9.18 Å². The highest BCUT2D eigenvalue weighted by Crippen LogP contribution is 2.20. The van der Waals surface area contributed by atoms with E-state index in [1.807, 2.05) is 13.8 Å². The van der Waals surface area contributed by atoms with Gasteiger partial charge in [0.2, 0.25) is 0 Å². The molecule has 2 N–H and O–H groups in total. The van der Waals surface area contributed by atoms with E-state index in [2.05, 4.69) is 0 Å². The molecule has 2 nitrogen and oxygen atoms in total. The van der Waals surface area contributed by atoms with Crippen molar-refractivity contribution >= 4 is 17.4 Å². The Morgan fingerprint density at radius 1 is 1.53 bits per heavy atom. The van der Waals surface area contributed by atoms with E-state index in [1.165, 1.54) is 12.1 Å². The second-order valence-corrected chi connectivity index (χ2v) is 4.66. The Labute approximate surface area is 106 Å². The summed E-state index contributed by atoms with van der Waals surface area (Å²) in [4.78, 5) is 11.9. The second kappa shape index (κ2) is 6.12. The minimum atomic E-state index is -0.560. The van der Waals surface area contributed by atoms with Crippen molar-refractivity contribution in [2.24, 2.45) is 11.7 Å². The number of halogens is 2. The van der Waals surface area contributed by atoms with E-state index >= 15 is 0 Å². The summed E-state index contributed by atoms with van der Waals surface area (Å²) in [5, 5.41) is 0.273. The predicted octanol–water partition coefficient (Wildman–Crippen LogP) is 2.96. The lowest BCUT2D eigenvalue weighted by Gasteiger charge is -2.17. The molecule has 94 valence electrons. The van der Waals surface area contributed by atoms with E-state index in [1.54, 1.807) is 6.07 Å². The molecule has 2 atom stereocenters. The largest absolute Gasteiger partial charge is 0.321 e. The molecule has 4 heteroatoms. The molecule has 0 bridgehead atoms. The van der Waals surface area contributed by atoms with Gasteiger partial charge in [0.25, 0.3) is 0 Å². The van der Waals surface area contributed by atoms with Crippen LogP contribution in [0.15, 0.2) is 18.2 Å².